The Morgan fingerprint density at radius 3 is 2.73 bits per heavy atom. The summed E-state index contributed by atoms with van der Waals surface area (Å²) in [5.41, 5.74) is 1.96. The van der Waals surface area contributed by atoms with Gasteiger partial charge in [-0.1, -0.05) is 0 Å². The van der Waals surface area contributed by atoms with E-state index in [2.05, 4.69) is 30.4 Å². The van der Waals surface area contributed by atoms with E-state index in [0.717, 1.165) is 68.5 Å². The van der Waals surface area contributed by atoms with Crippen LogP contribution in [0.2, 0.25) is 0 Å². The van der Waals surface area contributed by atoms with Gasteiger partial charge in [-0.2, -0.15) is 0 Å². The summed E-state index contributed by atoms with van der Waals surface area (Å²) in [5.74, 6) is 1.71. The van der Waals surface area contributed by atoms with Crippen LogP contribution in [0, 0.1) is 0 Å². The Bertz CT molecular complexity index is 931. The lowest BCUT2D eigenvalue weighted by atomic mass is 10.0. The molecule has 2 amide bonds. The largest absolute Gasteiger partial charge is 0.494 e. The van der Waals surface area contributed by atoms with Crippen LogP contribution in [0.1, 0.15) is 31.2 Å². The number of anilines is 2. The summed E-state index contributed by atoms with van der Waals surface area (Å²) in [5, 5.41) is 5.87. The van der Waals surface area contributed by atoms with Gasteiger partial charge in [-0.05, 0) is 55.6 Å². The molecule has 176 valence electrons. The molecule has 0 spiro atoms. The highest BCUT2D eigenvalue weighted by Gasteiger charge is 2.18. The number of ether oxygens (including phenoxy) is 1. The van der Waals surface area contributed by atoms with Crippen LogP contribution in [0.15, 0.2) is 36.7 Å². The molecule has 2 aliphatic heterocycles. The molecular formula is C24H32N6O3. The first kappa shape index (κ1) is 23.0. The summed E-state index contributed by atoms with van der Waals surface area (Å²) in [6, 6.07) is 7.54. The number of hydrogen-bond donors (Lipinski definition) is 2. The zero-order chi connectivity index (χ0) is 22.9. The smallest absolute Gasteiger partial charge is 0.225 e. The fourth-order valence-electron chi connectivity index (χ4n) is 4.12. The topological polar surface area (TPSA) is 99.7 Å². The van der Waals surface area contributed by atoms with E-state index in [-0.39, 0.29) is 11.8 Å². The van der Waals surface area contributed by atoms with Crippen molar-refractivity contribution in [2.75, 3.05) is 56.1 Å². The number of piperazine rings is 1. The number of nitrogens with one attached hydrogen (secondary N) is 2. The van der Waals surface area contributed by atoms with E-state index >= 15 is 0 Å². The molecule has 0 radical (unpaired) electrons. The Balaban J connectivity index is 1.04. The molecule has 9 heteroatoms. The summed E-state index contributed by atoms with van der Waals surface area (Å²) >= 11 is 0. The molecule has 33 heavy (non-hydrogen) atoms. The monoisotopic (exact) mass is 452 g/mol. The molecule has 1 aromatic heterocycles. The third-order valence-corrected chi connectivity index (χ3v) is 5.97. The molecule has 4 rings (SSSR count). The second-order valence-corrected chi connectivity index (χ2v) is 8.40. The minimum Gasteiger partial charge on any atom is -0.494 e. The van der Waals surface area contributed by atoms with Gasteiger partial charge in [0.25, 0.3) is 0 Å². The van der Waals surface area contributed by atoms with Gasteiger partial charge in [-0.3, -0.25) is 14.5 Å². The summed E-state index contributed by atoms with van der Waals surface area (Å²) in [4.78, 5) is 36.8. The first-order valence-electron chi connectivity index (χ1n) is 11.7. The van der Waals surface area contributed by atoms with Crippen molar-refractivity contribution in [3.8, 4) is 5.75 Å². The van der Waals surface area contributed by atoms with Gasteiger partial charge in [-0.25, -0.2) is 9.97 Å². The van der Waals surface area contributed by atoms with Crippen LogP contribution in [-0.2, 0) is 16.0 Å². The molecular weight excluding hydrogens is 420 g/mol. The number of aryl methyl sites for hydroxylation is 1. The molecule has 2 aromatic rings. The molecule has 0 aliphatic carbocycles. The van der Waals surface area contributed by atoms with Gasteiger partial charge in [0, 0.05) is 63.6 Å². The number of carbonyl (C=O) groups is 2. The van der Waals surface area contributed by atoms with Gasteiger partial charge in [0.1, 0.15) is 5.75 Å². The van der Waals surface area contributed by atoms with Crippen LogP contribution in [0.5, 0.6) is 5.75 Å². The van der Waals surface area contributed by atoms with E-state index in [0.29, 0.717) is 32.4 Å². The third kappa shape index (κ3) is 6.89. The van der Waals surface area contributed by atoms with E-state index < -0.39 is 0 Å². The quantitative estimate of drug-likeness (QED) is 0.531. The zero-order valence-corrected chi connectivity index (χ0v) is 19.0. The number of aromatic nitrogens is 2. The fourth-order valence-corrected chi connectivity index (χ4v) is 4.12. The SMILES string of the molecule is O=C(CCCOc1ccc2c(c1)CCC(=O)N2)NCCCN1CCN(c2ncccn2)CC1. The summed E-state index contributed by atoms with van der Waals surface area (Å²) < 4.78 is 5.78. The Labute approximate surface area is 194 Å². The van der Waals surface area contributed by atoms with E-state index in [9.17, 15) is 9.59 Å². The van der Waals surface area contributed by atoms with E-state index in [4.69, 9.17) is 4.74 Å². The second kappa shape index (κ2) is 11.6. The van der Waals surface area contributed by atoms with Gasteiger partial charge in [0.05, 0.1) is 6.61 Å². The highest BCUT2D eigenvalue weighted by atomic mass is 16.5. The minimum absolute atomic E-state index is 0.0583. The van der Waals surface area contributed by atoms with Gasteiger partial charge in [-0.15, -0.1) is 0 Å². The van der Waals surface area contributed by atoms with Crippen LogP contribution in [0.4, 0.5) is 11.6 Å². The van der Waals surface area contributed by atoms with Gasteiger partial charge < -0.3 is 20.3 Å². The van der Waals surface area contributed by atoms with Crippen LogP contribution in [0.25, 0.3) is 0 Å². The number of hydrogen-bond acceptors (Lipinski definition) is 7. The first-order chi connectivity index (χ1) is 16.2. The molecule has 0 bridgehead atoms. The van der Waals surface area contributed by atoms with Crippen molar-refractivity contribution in [1.29, 1.82) is 0 Å². The Hall–Kier alpha value is -3.20. The molecule has 0 atom stereocenters. The van der Waals surface area contributed by atoms with Crippen molar-refractivity contribution in [3.05, 3.63) is 42.2 Å². The highest BCUT2D eigenvalue weighted by Crippen LogP contribution is 2.26. The summed E-state index contributed by atoms with van der Waals surface area (Å²) in [6.07, 6.45) is 6.86. The molecule has 1 fully saturated rings. The second-order valence-electron chi connectivity index (χ2n) is 8.40. The maximum atomic E-state index is 12.1. The van der Waals surface area contributed by atoms with Crippen molar-refractivity contribution < 1.29 is 14.3 Å². The molecule has 2 N–H and O–H groups in total. The lowest BCUT2D eigenvalue weighted by Gasteiger charge is -2.34. The average Bonchev–Trinajstić information content (AvgIpc) is 2.85. The summed E-state index contributed by atoms with van der Waals surface area (Å²) in [6.45, 7) is 5.99. The zero-order valence-electron chi connectivity index (χ0n) is 19.0. The van der Waals surface area contributed by atoms with Gasteiger partial charge in [0.15, 0.2) is 0 Å². The Morgan fingerprint density at radius 2 is 1.91 bits per heavy atom. The predicted molar refractivity (Wildman–Crippen MR) is 126 cm³/mol. The maximum Gasteiger partial charge on any atom is 0.225 e. The van der Waals surface area contributed by atoms with Crippen LogP contribution in [-0.4, -0.2) is 72.6 Å². The van der Waals surface area contributed by atoms with Crippen LogP contribution >= 0.6 is 0 Å². The normalized spacial score (nSPS) is 16.1. The van der Waals surface area contributed by atoms with Crippen molar-refractivity contribution >= 4 is 23.5 Å². The van der Waals surface area contributed by atoms with E-state index in [1.54, 1.807) is 12.4 Å². The molecule has 3 heterocycles. The number of benzene rings is 1. The number of carbonyl (C=O) groups excluding carboxylic acids is 2. The van der Waals surface area contributed by atoms with E-state index in [1.807, 2.05) is 24.3 Å². The minimum atomic E-state index is 0.0583. The standard InChI is InChI=1S/C24H32N6O3/c31-22(4-1-17-33-20-6-7-21-19(18-20)5-8-23(32)28-21)25-11-3-12-29-13-15-30(16-14-29)24-26-9-2-10-27-24/h2,6-7,9-10,18H,1,3-5,8,11-17H2,(H,25,31)(H,28,32). The molecule has 9 nitrogen and oxygen atoms in total. The lowest BCUT2D eigenvalue weighted by molar-refractivity contribution is -0.121. The highest BCUT2D eigenvalue weighted by molar-refractivity contribution is 5.94. The average molecular weight is 453 g/mol. The van der Waals surface area contributed by atoms with E-state index in [1.165, 1.54) is 0 Å². The lowest BCUT2D eigenvalue weighted by Crippen LogP contribution is -2.47. The number of fused-ring (bicyclic) bond motifs is 1. The molecule has 2 aliphatic rings. The molecule has 1 saturated heterocycles. The maximum absolute atomic E-state index is 12.1. The Morgan fingerprint density at radius 1 is 1.09 bits per heavy atom. The van der Waals surface area contributed by atoms with Crippen LogP contribution < -0.4 is 20.3 Å². The van der Waals surface area contributed by atoms with Gasteiger partial charge >= 0.3 is 0 Å². The predicted octanol–water partition coefficient (Wildman–Crippen LogP) is 1.85. The Kier molecular flexibility index (Phi) is 8.08. The summed E-state index contributed by atoms with van der Waals surface area (Å²) in [7, 11) is 0. The van der Waals surface area contributed by atoms with Crippen molar-refractivity contribution in [3.63, 3.8) is 0 Å². The van der Waals surface area contributed by atoms with Crippen molar-refractivity contribution in [1.82, 2.24) is 20.2 Å². The van der Waals surface area contributed by atoms with Gasteiger partial charge in [0.2, 0.25) is 17.8 Å². The number of rotatable bonds is 10. The first-order valence-corrected chi connectivity index (χ1v) is 11.7. The molecule has 0 saturated carbocycles. The van der Waals surface area contributed by atoms with Crippen molar-refractivity contribution in [2.45, 2.75) is 32.1 Å². The molecule has 1 aromatic carbocycles. The fraction of sp³-hybridized carbons (Fsp3) is 0.500. The molecule has 0 unspecified atom stereocenters. The van der Waals surface area contributed by atoms with Crippen LogP contribution in [0.3, 0.4) is 0 Å². The van der Waals surface area contributed by atoms with Crippen molar-refractivity contribution in [2.24, 2.45) is 0 Å². The number of nitrogens with zero attached hydrogens (tertiary/aromatic N) is 4. The number of amides is 2. The third-order valence-electron chi connectivity index (χ3n) is 5.97.